The zero-order valence-corrected chi connectivity index (χ0v) is 16.2. The second kappa shape index (κ2) is 6.70. The van der Waals surface area contributed by atoms with Crippen LogP contribution in [0.5, 0.6) is 0 Å². The Labute approximate surface area is 162 Å². The Morgan fingerprint density at radius 2 is 2.11 bits per heavy atom. The van der Waals surface area contributed by atoms with Crippen molar-refractivity contribution >= 4 is 17.7 Å². The first kappa shape index (κ1) is 18.6. The standard InChI is InChI=1S/C19H24FN5OS/c1-18(2,26)15-14(20)8-22-17(23-15)25-9-13-10-27-16(21)24-19(13,11-25)12-6-4-3-5-7-12/h3-8,13,16,24,26H,9-11,21H2,1-2H3/t13-,16?,19+/m0/s1. The van der Waals surface area contributed by atoms with Crippen LogP contribution in [0.15, 0.2) is 36.5 Å². The summed E-state index contributed by atoms with van der Waals surface area (Å²) >= 11 is 1.69. The lowest BCUT2D eigenvalue weighted by atomic mass is 9.81. The molecule has 0 spiro atoms. The minimum absolute atomic E-state index is 0.00942. The van der Waals surface area contributed by atoms with Gasteiger partial charge in [0.1, 0.15) is 16.8 Å². The summed E-state index contributed by atoms with van der Waals surface area (Å²) in [4.78, 5) is 10.6. The summed E-state index contributed by atoms with van der Waals surface area (Å²) in [5.74, 6) is 1.05. The van der Waals surface area contributed by atoms with Crippen molar-refractivity contribution in [2.45, 2.75) is 30.5 Å². The number of thioether (sulfide) groups is 1. The molecule has 2 saturated heterocycles. The highest BCUT2D eigenvalue weighted by Crippen LogP contribution is 2.43. The molecule has 6 nitrogen and oxygen atoms in total. The van der Waals surface area contributed by atoms with Crippen LogP contribution < -0.4 is 16.0 Å². The highest BCUT2D eigenvalue weighted by atomic mass is 32.2. The third-order valence-corrected chi connectivity index (χ3v) is 6.41. The SMILES string of the molecule is CC(C)(O)c1nc(N2C[C@H]3CSC(N)N[C@@]3(c3ccccc3)C2)ncc1F. The molecule has 2 aliphatic rings. The molecule has 3 heterocycles. The Morgan fingerprint density at radius 1 is 1.37 bits per heavy atom. The van der Waals surface area contributed by atoms with E-state index in [1.165, 1.54) is 19.4 Å². The number of hydrogen-bond acceptors (Lipinski definition) is 7. The number of rotatable bonds is 3. The Morgan fingerprint density at radius 3 is 2.81 bits per heavy atom. The van der Waals surface area contributed by atoms with E-state index in [1.807, 2.05) is 18.2 Å². The van der Waals surface area contributed by atoms with Gasteiger partial charge in [0.25, 0.3) is 0 Å². The van der Waals surface area contributed by atoms with Crippen LogP contribution in [0.1, 0.15) is 25.1 Å². The van der Waals surface area contributed by atoms with Gasteiger partial charge in [0.2, 0.25) is 5.95 Å². The summed E-state index contributed by atoms with van der Waals surface area (Å²) < 4.78 is 14.1. The molecular weight excluding hydrogens is 365 g/mol. The first-order valence-electron chi connectivity index (χ1n) is 9.00. The number of nitrogens with zero attached hydrogens (tertiary/aromatic N) is 3. The van der Waals surface area contributed by atoms with Gasteiger partial charge in [-0.05, 0) is 19.4 Å². The van der Waals surface area contributed by atoms with E-state index in [0.29, 0.717) is 18.4 Å². The van der Waals surface area contributed by atoms with E-state index in [0.717, 1.165) is 18.5 Å². The van der Waals surface area contributed by atoms with E-state index < -0.39 is 11.4 Å². The Balaban J connectivity index is 1.72. The van der Waals surface area contributed by atoms with Crippen molar-refractivity contribution < 1.29 is 9.50 Å². The third-order valence-electron chi connectivity index (χ3n) is 5.34. The van der Waals surface area contributed by atoms with Crippen LogP contribution in [0, 0.1) is 11.7 Å². The van der Waals surface area contributed by atoms with E-state index in [2.05, 4.69) is 32.3 Å². The van der Waals surface area contributed by atoms with Crippen LogP contribution >= 0.6 is 11.8 Å². The third kappa shape index (κ3) is 3.31. The molecule has 0 aliphatic carbocycles. The van der Waals surface area contributed by atoms with Gasteiger partial charge in [-0.15, -0.1) is 11.8 Å². The number of fused-ring (bicyclic) bond motifs is 1. The fraction of sp³-hybridized carbons (Fsp3) is 0.474. The van der Waals surface area contributed by atoms with E-state index in [1.54, 1.807) is 11.8 Å². The Kier molecular flexibility index (Phi) is 4.62. The summed E-state index contributed by atoms with van der Waals surface area (Å²) in [5.41, 5.74) is 5.58. The van der Waals surface area contributed by atoms with Gasteiger partial charge in [0.05, 0.1) is 11.7 Å². The molecule has 4 N–H and O–H groups in total. The predicted octanol–water partition coefficient (Wildman–Crippen LogP) is 1.75. The van der Waals surface area contributed by atoms with Crippen LogP contribution in [0.4, 0.5) is 10.3 Å². The Bertz CT molecular complexity index is 831. The van der Waals surface area contributed by atoms with Crippen LogP contribution in [-0.2, 0) is 11.1 Å². The van der Waals surface area contributed by atoms with Crippen molar-refractivity contribution in [1.29, 1.82) is 0 Å². The van der Waals surface area contributed by atoms with Gasteiger partial charge >= 0.3 is 0 Å². The van der Waals surface area contributed by atoms with E-state index in [-0.39, 0.29) is 16.7 Å². The molecule has 0 bridgehead atoms. The maximum atomic E-state index is 14.1. The summed E-state index contributed by atoms with van der Waals surface area (Å²) in [6.07, 6.45) is 1.14. The molecule has 2 fully saturated rings. The Hall–Kier alpha value is -1.74. The summed E-state index contributed by atoms with van der Waals surface area (Å²) in [5, 5.41) is 13.8. The van der Waals surface area contributed by atoms with Crippen LogP contribution in [0.25, 0.3) is 0 Å². The molecule has 0 radical (unpaired) electrons. The largest absolute Gasteiger partial charge is 0.384 e. The quantitative estimate of drug-likeness (QED) is 0.737. The zero-order valence-electron chi connectivity index (χ0n) is 15.4. The van der Waals surface area contributed by atoms with Crippen molar-refractivity contribution in [3.63, 3.8) is 0 Å². The molecule has 4 rings (SSSR count). The predicted molar refractivity (Wildman–Crippen MR) is 105 cm³/mol. The van der Waals surface area contributed by atoms with Gasteiger partial charge < -0.3 is 15.7 Å². The second-order valence-electron chi connectivity index (χ2n) is 7.74. The molecule has 0 amide bonds. The van der Waals surface area contributed by atoms with Gasteiger partial charge in [-0.2, -0.15) is 0 Å². The lowest BCUT2D eigenvalue weighted by Crippen LogP contribution is -2.59. The molecule has 2 aliphatic heterocycles. The first-order valence-corrected chi connectivity index (χ1v) is 10.1. The highest BCUT2D eigenvalue weighted by Gasteiger charge is 2.51. The molecular formula is C19H24FN5OS. The minimum atomic E-state index is -1.37. The van der Waals surface area contributed by atoms with Crippen molar-refractivity contribution in [2.75, 3.05) is 23.7 Å². The van der Waals surface area contributed by atoms with Gasteiger partial charge in [-0.1, -0.05) is 30.3 Å². The van der Waals surface area contributed by atoms with Crippen molar-refractivity contribution in [1.82, 2.24) is 15.3 Å². The monoisotopic (exact) mass is 389 g/mol. The normalized spacial score (nSPS) is 28.3. The van der Waals surface area contributed by atoms with Gasteiger partial charge in [0.15, 0.2) is 5.82 Å². The fourth-order valence-electron chi connectivity index (χ4n) is 4.03. The van der Waals surface area contributed by atoms with Gasteiger partial charge in [-0.25, -0.2) is 14.4 Å². The lowest BCUT2D eigenvalue weighted by Gasteiger charge is -2.42. The molecule has 3 atom stereocenters. The number of halogens is 1. The first-order chi connectivity index (χ1) is 12.8. The topological polar surface area (TPSA) is 87.3 Å². The number of hydrogen-bond donors (Lipinski definition) is 3. The maximum Gasteiger partial charge on any atom is 0.225 e. The number of aliphatic hydroxyl groups is 1. The minimum Gasteiger partial charge on any atom is -0.384 e. The number of nitrogens with one attached hydrogen (secondary N) is 1. The average Bonchev–Trinajstić information content (AvgIpc) is 3.02. The van der Waals surface area contributed by atoms with Crippen molar-refractivity contribution in [3.8, 4) is 0 Å². The van der Waals surface area contributed by atoms with Crippen molar-refractivity contribution in [2.24, 2.45) is 11.7 Å². The number of benzene rings is 1. The summed E-state index contributed by atoms with van der Waals surface area (Å²) in [6, 6.07) is 10.3. The molecule has 1 unspecified atom stereocenters. The maximum absolute atomic E-state index is 14.1. The highest BCUT2D eigenvalue weighted by molar-refractivity contribution is 7.99. The molecule has 8 heteroatoms. The molecule has 1 aromatic heterocycles. The van der Waals surface area contributed by atoms with Crippen LogP contribution in [0.2, 0.25) is 0 Å². The van der Waals surface area contributed by atoms with E-state index >= 15 is 0 Å². The fourth-order valence-corrected chi connectivity index (χ4v) is 5.15. The smallest absolute Gasteiger partial charge is 0.225 e. The van der Waals surface area contributed by atoms with E-state index in [4.69, 9.17) is 5.73 Å². The number of nitrogens with two attached hydrogens (primary N) is 1. The lowest BCUT2D eigenvalue weighted by molar-refractivity contribution is 0.0693. The number of aromatic nitrogens is 2. The van der Waals surface area contributed by atoms with Crippen LogP contribution in [0.3, 0.4) is 0 Å². The molecule has 144 valence electrons. The van der Waals surface area contributed by atoms with E-state index in [9.17, 15) is 9.50 Å². The molecule has 27 heavy (non-hydrogen) atoms. The van der Waals surface area contributed by atoms with Gasteiger partial charge in [0, 0.05) is 24.8 Å². The van der Waals surface area contributed by atoms with Crippen LogP contribution in [-0.4, -0.2) is 39.4 Å². The average molecular weight is 390 g/mol. The molecule has 1 aromatic carbocycles. The second-order valence-corrected chi connectivity index (χ2v) is 8.91. The molecule has 0 saturated carbocycles. The molecule has 2 aromatic rings. The number of anilines is 1. The zero-order chi connectivity index (χ0) is 19.2. The van der Waals surface area contributed by atoms with Gasteiger partial charge in [-0.3, -0.25) is 5.32 Å². The van der Waals surface area contributed by atoms with Crippen molar-refractivity contribution in [3.05, 3.63) is 53.6 Å². The summed E-state index contributed by atoms with van der Waals surface area (Å²) in [7, 11) is 0. The summed E-state index contributed by atoms with van der Waals surface area (Å²) in [6.45, 7) is 4.41.